The Kier molecular flexibility index (Phi) is 5.51. The predicted octanol–water partition coefficient (Wildman–Crippen LogP) is 2.56. The Labute approximate surface area is 80.8 Å². The zero-order valence-corrected chi connectivity index (χ0v) is 9.14. The van der Waals surface area contributed by atoms with E-state index in [1.807, 2.05) is 6.92 Å². The Morgan fingerprint density at radius 1 is 1.38 bits per heavy atom. The van der Waals surface area contributed by atoms with Gasteiger partial charge in [-0.2, -0.15) is 0 Å². The maximum atomic E-state index is 11.0. The molecule has 0 saturated heterocycles. The van der Waals surface area contributed by atoms with Crippen LogP contribution in [0.3, 0.4) is 0 Å². The third-order valence-electron chi connectivity index (χ3n) is 1.58. The van der Waals surface area contributed by atoms with E-state index in [9.17, 15) is 4.79 Å². The van der Waals surface area contributed by atoms with Crippen LogP contribution in [0.25, 0.3) is 0 Å². The lowest BCUT2D eigenvalue weighted by molar-refractivity contribution is 0.145. The summed E-state index contributed by atoms with van der Waals surface area (Å²) in [7, 11) is 0. The van der Waals surface area contributed by atoms with Gasteiger partial charge in [-0.15, -0.1) is 0 Å². The molecule has 0 rings (SSSR count). The minimum atomic E-state index is -0.300. The third-order valence-corrected chi connectivity index (χ3v) is 1.58. The summed E-state index contributed by atoms with van der Waals surface area (Å²) in [6.07, 6.45) is 1.53. The van der Waals surface area contributed by atoms with Crippen molar-refractivity contribution < 1.29 is 9.53 Å². The molecule has 13 heavy (non-hydrogen) atoms. The molecule has 3 nitrogen and oxygen atoms in total. The van der Waals surface area contributed by atoms with Crippen molar-refractivity contribution in [2.24, 2.45) is 5.41 Å². The van der Waals surface area contributed by atoms with E-state index in [1.165, 1.54) is 0 Å². The van der Waals surface area contributed by atoms with Crippen molar-refractivity contribution in [3.63, 3.8) is 0 Å². The maximum Gasteiger partial charge on any atom is 0.407 e. The number of ether oxygens (including phenoxy) is 1. The van der Waals surface area contributed by atoms with Crippen LogP contribution < -0.4 is 5.32 Å². The van der Waals surface area contributed by atoms with Gasteiger partial charge in [-0.05, 0) is 18.3 Å². The molecule has 0 spiro atoms. The summed E-state index contributed by atoms with van der Waals surface area (Å²) in [4.78, 5) is 11.0. The van der Waals surface area contributed by atoms with Gasteiger partial charge in [0.2, 0.25) is 0 Å². The molecule has 0 bridgehead atoms. The SMILES string of the molecule is CCCOC(=O)NCCC(C)(C)C. The molecule has 0 atom stereocenters. The molecule has 78 valence electrons. The lowest BCUT2D eigenvalue weighted by Gasteiger charge is -2.17. The first-order valence-corrected chi connectivity index (χ1v) is 4.86. The van der Waals surface area contributed by atoms with Gasteiger partial charge < -0.3 is 10.1 Å². The highest BCUT2D eigenvalue weighted by Crippen LogP contribution is 2.16. The lowest BCUT2D eigenvalue weighted by Crippen LogP contribution is -2.28. The van der Waals surface area contributed by atoms with E-state index >= 15 is 0 Å². The number of alkyl carbamates (subject to hydrolysis) is 1. The van der Waals surface area contributed by atoms with Crippen LogP contribution in [0.4, 0.5) is 4.79 Å². The molecule has 0 aliphatic carbocycles. The number of carbonyl (C=O) groups excluding carboxylic acids is 1. The molecule has 3 heteroatoms. The number of hydrogen-bond acceptors (Lipinski definition) is 2. The molecule has 0 unspecified atom stereocenters. The molecule has 0 aromatic rings. The van der Waals surface area contributed by atoms with Gasteiger partial charge in [-0.1, -0.05) is 27.7 Å². The fourth-order valence-corrected chi connectivity index (χ4v) is 0.785. The van der Waals surface area contributed by atoms with Crippen LogP contribution in [0.1, 0.15) is 40.5 Å². The van der Waals surface area contributed by atoms with E-state index < -0.39 is 0 Å². The first-order chi connectivity index (χ1) is 5.95. The van der Waals surface area contributed by atoms with Gasteiger partial charge in [0.1, 0.15) is 0 Å². The molecular weight excluding hydrogens is 166 g/mol. The second-order valence-electron chi connectivity index (χ2n) is 4.37. The summed E-state index contributed by atoms with van der Waals surface area (Å²) in [6, 6.07) is 0. The molecule has 0 radical (unpaired) electrons. The summed E-state index contributed by atoms with van der Waals surface area (Å²) < 4.78 is 4.86. The first-order valence-electron chi connectivity index (χ1n) is 4.86. The largest absolute Gasteiger partial charge is 0.450 e. The number of amides is 1. The molecular formula is C10H21NO2. The number of rotatable bonds is 4. The van der Waals surface area contributed by atoms with Crippen molar-refractivity contribution in [3.05, 3.63) is 0 Å². The Hall–Kier alpha value is -0.730. The van der Waals surface area contributed by atoms with Crippen molar-refractivity contribution in [1.29, 1.82) is 0 Å². The topological polar surface area (TPSA) is 38.3 Å². The average molecular weight is 187 g/mol. The summed E-state index contributed by atoms with van der Waals surface area (Å²) in [5, 5.41) is 2.71. The number of hydrogen-bond donors (Lipinski definition) is 1. The second-order valence-corrected chi connectivity index (χ2v) is 4.37. The van der Waals surface area contributed by atoms with Gasteiger partial charge in [0.05, 0.1) is 6.61 Å². The second kappa shape index (κ2) is 5.84. The predicted molar refractivity (Wildman–Crippen MR) is 53.7 cm³/mol. The normalized spacial score (nSPS) is 11.1. The summed E-state index contributed by atoms with van der Waals surface area (Å²) in [5.74, 6) is 0. The lowest BCUT2D eigenvalue weighted by atomic mass is 9.92. The van der Waals surface area contributed by atoms with Crippen molar-refractivity contribution in [1.82, 2.24) is 5.32 Å². The fraction of sp³-hybridized carbons (Fsp3) is 0.900. The van der Waals surface area contributed by atoms with Crippen LogP contribution in [0.5, 0.6) is 0 Å². The molecule has 1 amide bonds. The molecule has 0 fully saturated rings. The van der Waals surface area contributed by atoms with E-state index in [-0.39, 0.29) is 11.5 Å². The van der Waals surface area contributed by atoms with Gasteiger partial charge in [-0.3, -0.25) is 0 Å². The van der Waals surface area contributed by atoms with Gasteiger partial charge in [0.25, 0.3) is 0 Å². The average Bonchev–Trinajstić information content (AvgIpc) is 1.98. The first kappa shape index (κ1) is 12.3. The molecule has 1 N–H and O–H groups in total. The summed E-state index contributed by atoms with van der Waals surface area (Å²) >= 11 is 0. The number of carbonyl (C=O) groups is 1. The van der Waals surface area contributed by atoms with Crippen LogP contribution in [0.2, 0.25) is 0 Å². The van der Waals surface area contributed by atoms with Crippen LogP contribution in [-0.2, 0) is 4.74 Å². The molecule has 0 aliphatic heterocycles. The van der Waals surface area contributed by atoms with E-state index in [0.717, 1.165) is 12.8 Å². The van der Waals surface area contributed by atoms with Gasteiger partial charge >= 0.3 is 6.09 Å². The van der Waals surface area contributed by atoms with Crippen molar-refractivity contribution >= 4 is 6.09 Å². The molecule has 0 aliphatic rings. The molecule has 0 saturated carbocycles. The van der Waals surface area contributed by atoms with Gasteiger partial charge in [0, 0.05) is 6.54 Å². The van der Waals surface area contributed by atoms with Crippen molar-refractivity contribution in [3.8, 4) is 0 Å². The Balaban J connectivity index is 3.37. The van der Waals surface area contributed by atoms with Crippen LogP contribution in [-0.4, -0.2) is 19.2 Å². The molecule has 0 aromatic carbocycles. The van der Waals surface area contributed by atoms with Crippen molar-refractivity contribution in [2.75, 3.05) is 13.2 Å². The van der Waals surface area contributed by atoms with E-state index in [4.69, 9.17) is 4.74 Å². The highest BCUT2D eigenvalue weighted by atomic mass is 16.5. The van der Waals surface area contributed by atoms with Crippen molar-refractivity contribution in [2.45, 2.75) is 40.5 Å². The van der Waals surface area contributed by atoms with E-state index in [2.05, 4.69) is 26.1 Å². The Morgan fingerprint density at radius 2 is 2.00 bits per heavy atom. The highest BCUT2D eigenvalue weighted by molar-refractivity contribution is 5.66. The van der Waals surface area contributed by atoms with Crippen LogP contribution in [0, 0.1) is 5.41 Å². The fourth-order valence-electron chi connectivity index (χ4n) is 0.785. The van der Waals surface area contributed by atoms with E-state index in [0.29, 0.717) is 13.2 Å². The minimum absolute atomic E-state index is 0.262. The Morgan fingerprint density at radius 3 is 2.46 bits per heavy atom. The van der Waals surface area contributed by atoms with Gasteiger partial charge in [-0.25, -0.2) is 4.79 Å². The van der Waals surface area contributed by atoms with Crippen LogP contribution in [0.15, 0.2) is 0 Å². The van der Waals surface area contributed by atoms with E-state index in [1.54, 1.807) is 0 Å². The standard InChI is InChI=1S/C10H21NO2/c1-5-8-13-9(12)11-7-6-10(2,3)4/h5-8H2,1-4H3,(H,11,12). The van der Waals surface area contributed by atoms with Crippen LogP contribution >= 0.6 is 0 Å². The monoisotopic (exact) mass is 187 g/mol. The maximum absolute atomic E-state index is 11.0. The summed E-state index contributed by atoms with van der Waals surface area (Å²) in [6.45, 7) is 9.60. The smallest absolute Gasteiger partial charge is 0.407 e. The third kappa shape index (κ3) is 9.18. The number of nitrogens with one attached hydrogen (secondary N) is 1. The minimum Gasteiger partial charge on any atom is -0.450 e. The zero-order chi connectivity index (χ0) is 10.3. The summed E-state index contributed by atoms with van der Waals surface area (Å²) in [5.41, 5.74) is 0.262. The zero-order valence-electron chi connectivity index (χ0n) is 9.14. The van der Waals surface area contributed by atoms with Gasteiger partial charge in [0.15, 0.2) is 0 Å². The molecule has 0 heterocycles. The highest BCUT2D eigenvalue weighted by Gasteiger charge is 2.10. The molecule has 0 aromatic heterocycles. The Bertz CT molecular complexity index is 149. The quantitative estimate of drug-likeness (QED) is 0.734.